The Morgan fingerprint density at radius 3 is 1.00 bits per heavy atom. The van der Waals surface area contributed by atoms with Crippen molar-refractivity contribution >= 4 is 18.6 Å². The molecule has 2 nitrogen and oxygen atoms in total. The van der Waals surface area contributed by atoms with Gasteiger partial charge in [0.25, 0.3) is 0 Å². The molecule has 1 aliphatic rings. The van der Waals surface area contributed by atoms with Gasteiger partial charge in [-0.15, -0.1) is 0 Å². The average molecular weight is 541 g/mol. The molecule has 0 amide bonds. The van der Waals surface area contributed by atoms with Crippen LogP contribution >= 0.6 is 0 Å². The third kappa shape index (κ3) is 8.32. The normalized spacial score (nSPS) is 13.6. The number of anilines is 2. The average Bonchev–Trinajstić information content (AvgIpc) is 3.20. The zero-order valence-electron chi connectivity index (χ0n) is 21.9. The molecule has 2 aromatic carbocycles. The maximum Gasteiger partial charge on any atom is 1.00 e. The van der Waals surface area contributed by atoms with Gasteiger partial charge >= 0.3 is 24.3 Å². The van der Waals surface area contributed by atoms with E-state index in [1.807, 2.05) is 0 Å². The molecule has 1 heterocycles. The van der Waals surface area contributed by atoms with Gasteiger partial charge < -0.3 is 27.1 Å². The van der Waals surface area contributed by atoms with Gasteiger partial charge in [0.2, 0.25) is 0 Å². The van der Waals surface area contributed by atoms with Crippen LogP contribution in [0.4, 0.5) is 28.6 Å². The molecule has 0 unspecified atom stereocenters. The summed E-state index contributed by atoms with van der Waals surface area (Å²) < 4.78 is 39.0. The van der Waals surface area contributed by atoms with Crippen molar-refractivity contribution < 1.29 is 34.3 Å². The van der Waals surface area contributed by atoms with E-state index < -0.39 is 7.25 Å². The van der Waals surface area contributed by atoms with E-state index in [0.717, 1.165) is 6.67 Å². The summed E-state index contributed by atoms with van der Waals surface area (Å²) >= 11 is 0. The molecule has 0 spiro atoms. The largest absolute Gasteiger partial charge is 1.00 e. The maximum absolute atomic E-state index is 9.75. The van der Waals surface area contributed by atoms with E-state index in [0.29, 0.717) is 23.7 Å². The van der Waals surface area contributed by atoms with Crippen LogP contribution in [0.1, 0.15) is 101 Å². The van der Waals surface area contributed by atoms with Crippen LogP contribution in [0.25, 0.3) is 0 Å². The molecular formula is C27H38BCuF4N2. The molecule has 0 atom stereocenters. The third-order valence-electron chi connectivity index (χ3n) is 5.99. The quantitative estimate of drug-likeness (QED) is 0.266. The van der Waals surface area contributed by atoms with Gasteiger partial charge in [-0.25, -0.2) is 0 Å². The number of hydrogen-bond donors (Lipinski definition) is 0. The molecule has 0 aromatic heterocycles. The van der Waals surface area contributed by atoms with Gasteiger partial charge in [-0.2, -0.15) is 0 Å². The first-order chi connectivity index (χ1) is 15.7. The number of para-hydroxylation sites is 2. The Bertz CT molecular complexity index is 858. The van der Waals surface area contributed by atoms with Crippen molar-refractivity contribution in [1.29, 1.82) is 0 Å². The van der Waals surface area contributed by atoms with Crippen LogP contribution in [0.15, 0.2) is 48.8 Å². The SMILES string of the molecule is CC(C)c1cccc(C(C)C)c1N1C=CN(c2c(C(C)C)cccc2C(C)C)C1.F[B-](F)(F)F.[Cu+]. The van der Waals surface area contributed by atoms with E-state index in [4.69, 9.17) is 0 Å². The first-order valence-electron chi connectivity index (χ1n) is 12.1. The van der Waals surface area contributed by atoms with Crippen molar-refractivity contribution in [2.24, 2.45) is 0 Å². The predicted octanol–water partition coefficient (Wildman–Crippen LogP) is 9.23. The summed E-state index contributed by atoms with van der Waals surface area (Å²) in [5.41, 5.74) is 8.52. The summed E-state index contributed by atoms with van der Waals surface area (Å²) in [5, 5.41) is 0. The van der Waals surface area contributed by atoms with Crippen LogP contribution in [0.2, 0.25) is 0 Å². The Kier molecular flexibility index (Phi) is 11.4. The first kappa shape index (κ1) is 31.1. The fourth-order valence-electron chi connectivity index (χ4n) is 4.40. The van der Waals surface area contributed by atoms with Crippen molar-refractivity contribution in [3.8, 4) is 0 Å². The van der Waals surface area contributed by atoms with E-state index in [-0.39, 0.29) is 17.1 Å². The van der Waals surface area contributed by atoms with Crippen molar-refractivity contribution in [2.75, 3.05) is 16.5 Å². The van der Waals surface area contributed by atoms with Gasteiger partial charge in [0.15, 0.2) is 0 Å². The summed E-state index contributed by atoms with van der Waals surface area (Å²) in [6.07, 6.45) is 4.54. The Labute approximate surface area is 219 Å². The molecule has 198 valence electrons. The fourth-order valence-corrected chi connectivity index (χ4v) is 4.40. The molecule has 0 saturated carbocycles. The zero-order chi connectivity index (χ0) is 25.8. The fraction of sp³-hybridized carbons (Fsp3) is 0.481. The monoisotopic (exact) mass is 540 g/mol. The smallest absolute Gasteiger partial charge is 0.418 e. The summed E-state index contributed by atoms with van der Waals surface area (Å²) in [6, 6.07) is 13.6. The number of benzene rings is 2. The number of hydrogen-bond acceptors (Lipinski definition) is 2. The molecule has 0 radical (unpaired) electrons. The van der Waals surface area contributed by atoms with E-state index in [1.54, 1.807) is 0 Å². The van der Waals surface area contributed by atoms with E-state index >= 15 is 0 Å². The van der Waals surface area contributed by atoms with Crippen LogP contribution in [0, 0.1) is 0 Å². The zero-order valence-corrected chi connectivity index (χ0v) is 22.9. The summed E-state index contributed by atoms with van der Waals surface area (Å²) in [5.74, 6) is 2.00. The summed E-state index contributed by atoms with van der Waals surface area (Å²) in [4.78, 5) is 4.90. The van der Waals surface area contributed by atoms with Gasteiger partial charge in [-0.1, -0.05) is 91.8 Å². The molecule has 0 aliphatic carbocycles. The van der Waals surface area contributed by atoms with Crippen molar-refractivity contribution in [3.63, 3.8) is 0 Å². The van der Waals surface area contributed by atoms with Gasteiger partial charge in [-0.3, -0.25) is 0 Å². The molecule has 2 aromatic rings. The van der Waals surface area contributed by atoms with Gasteiger partial charge in [0, 0.05) is 23.8 Å². The Morgan fingerprint density at radius 1 is 0.571 bits per heavy atom. The van der Waals surface area contributed by atoms with Gasteiger partial charge in [-0.05, 0) is 45.9 Å². The van der Waals surface area contributed by atoms with Crippen LogP contribution in [0.5, 0.6) is 0 Å². The van der Waals surface area contributed by atoms with Crippen molar-refractivity contribution in [1.82, 2.24) is 0 Å². The minimum atomic E-state index is -6.00. The van der Waals surface area contributed by atoms with Crippen LogP contribution < -0.4 is 9.80 Å². The predicted molar refractivity (Wildman–Crippen MR) is 138 cm³/mol. The number of nitrogens with zero attached hydrogens (tertiary/aromatic N) is 2. The second kappa shape index (κ2) is 12.9. The molecule has 0 bridgehead atoms. The second-order valence-corrected chi connectivity index (χ2v) is 10.1. The van der Waals surface area contributed by atoms with E-state index in [2.05, 4.69) is 114 Å². The molecule has 3 rings (SSSR count). The van der Waals surface area contributed by atoms with Gasteiger partial charge in [0.05, 0.1) is 6.67 Å². The van der Waals surface area contributed by atoms with E-state index in [1.165, 1.54) is 33.6 Å². The molecule has 35 heavy (non-hydrogen) atoms. The number of halogens is 4. The Balaban J connectivity index is 0.000000927. The maximum atomic E-state index is 9.75. The van der Waals surface area contributed by atoms with Crippen LogP contribution in [-0.4, -0.2) is 13.9 Å². The second-order valence-electron chi connectivity index (χ2n) is 10.1. The standard InChI is InChI=1S/C27H38N2.BF4.Cu/c1-18(2)22-11-9-12-23(19(3)4)26(22)28-15-16-29(17-28)27-24(20(5)6)13-10-14-25(27)21(7)8;2-1(3,4)5;/h9-16,18-21H,17H2,1-8H3;;/q;-1;+1. The topological polar surface area (TPSA) is 6.48 Å². The summed E-state index contributed by atoms with van der Waals surface area (Å²) in [6.45, 7) is 19.2. The number of rotatable bonds is 6. The van der Waals surface area contributed by atoms with Crippen molar-refractivity contribution in [3.05, 3.63) is 71.1 Å². The molecule has 0 fully saturated rings. The molecule has 0 saturated heterocycles. The minimum Gasteiger partial charge on any atom is -0.418 e. The van der Waals surface area contributed by atoms with Crippen LogP contribution in [0.3, 0.4) is 0 Å². The minimum absolute atomic E-state index is 0. The molecule has 1 aliphatic heterocycles. The third-order valence-corrected chi connectivity index (χ3v) is 5.99. The Hall–Kier alpha value is -1.92. The van der Waals surface area contributed by atoms with E-state index in [9.17, 15) is 17.3 Å². The van der Waals surface area contributed by atoms with Gasteiger partial charge in [0.1, 0.15) is 0 Å². The summed E-state index contributed by atoms with van der Waals surface area (Å²) in [7, 11) is -6.00. The molecular weight excluding hydrogens is 503 g/mol. The van der Waals surface area contributed by atoms with Crippen LogP contribution in [-0.2, 0) is 17.1 Å². The molecule has 8 heteroatoms. The van der Waals surface area contributed by atoms with Crippen molar-refractivity contribution in [2.45, 2.75) is 79.1 Å². The first-order valence-corrected chi connectivity index (χ1v) is 12.1. The Morgan fingerprint density at radius 2 is 0.800 bits per heavy atom. The molecule has 0 N–H and O–H groups in total.